The number of rotatable bonds is 4. The van der Waals surface area contributed by atoms with E-state index in [1.165, 1.54) is 18.4 Å². The molecular weight excluding hydrogens is 327 g/mol. The van der Waals surface area contributed by atoms with E-state index in [0.717, 1.165) is 30.2 Å². The van der Waals surface area contributed by atoms with Crippen molar-refractivity contribution in [1.82, 2.24) is 0 Å². The molecule has 0 aromatic heterocycles. The molecule has 4 heteroatoms. The van der Waals surface area contributed by atoms with Gasteiger partial charge >= 0.3 is 17.1 Å². The van der Waals surface area contributed by atoms with Gasteiger partial charge in [0.1, 0.15) is 5.75 Å². The van der Waals surface area contributed by atoms with Crippen LogP contribution in [0.15, 0.2) is 47.5 Å². The van der Waals surface area contributed by atoms with Gasteiger partial charge in [-0.2, -0.15) is 30.1 Å². The summed E-state index contributed by atoms with van der Waals surface area (Å²) in [5.41, 5.74) is 3.06. The molecule has 2 aromatic rings. The molecule has 1 aliphatic carbocycles. The molecule has 1 fully saturated rings. The van der Waals surface area contributed by atoms with Gasteiger partial charge < -0.3 is 15.0 Å². The average Bonchev–Trinajstić information content (AvgIpc) is 3.39. The quantitative estimate of drug-likeness (QED) is 0.506. The molecule has 117 valence electrons. The zero-order valence-corrected chi connectivity index (χ0v) is 13.9. The maximum atomic E-state index is 5.73. The Morgan fingerprint density at radius 2 is 2.00 bits per heavy atom. The van der Waals surface area contributed by atoms with Gasteiger partial charge in [0, 0.05) is 18.0 Å². The Morgan fingerprint density at radius 3 is 2.87 bits per heavy atom. The Balaban J connectivity index is 0.00000156. The van der Waals surface area contributed by atoms with Crippen LogP contribution >= 0.6 is 0 Å². The Hall–Kier alpha value is -1.77. The Labute approximate surface area is 147 Å². The number of nitrogens with zero attached hydrogens (tertiary/aromatic N) is 1. The van der Waals surface area contributed by atoms with Crippen molar-refractivity contribution in [2.45, 2.75) is 25.3 Å². The van der Waals surface area contributed by atoms with Crippen LogP contribution < -0.4 is 10.1 Å². The van der Waals surface area contributed by atoms with E-state index in [-0.39, 0.29) is 23.1 Å². The normalized spacial score (nSPS) is 19.6. The van der Waals surface area contributed by atoms with E-state index < -0.39 is 0 Å². The van der Waals surface area contributed by atoms with Crippen LogP contribution in [-0.4, -0.2) is 12.8 Å². The molecule has 4 rings (SSSR count). The van der Waals surface area contributed by atoms with Crippen molar-refractivity contribution < 1.29 is 21.8 Å². The minimum atomic E-state index is 0. The summed E-state index contributed by atoms with van der Waals surface area (Å²) in [5.74, 6) is 1.52. The molecular formula is C19H18MnN2O. The predicted molar refractivity (Wildman–Crippen MR) is 88.0 cm³/mol. The van der Waals surface area contributed by atoms with Crippen molar-refractivity contribution in [3.05, 3.63) is 54.1 Å². The van der Waals surface area contributed by atoms with Crippen molar-refractivity contribution in [3.8, 4) is 5.75 Å². The molecule has 23 heavy (non-hydrogen) atoms. The third-order valence-corrected chi connectivity index (χ3v) is 4.06. The summed E-state index contributed by atoms with van der Waals surface area (Å²) < 4.78 is 5.73. The van der Waals surface area contributed by atoms with Gasteiger partial charge in [-0.15, -0.1) is 5.69 Å². The molecule has 1 heterocycles. The standard InChI is InChI=1S/C19H18N2O.Mn/c1-4-8-19-15(5-1)16(11-12-22-19)21-18-7-3-2-6-17(18)20-13-14-9-10-14;/h1-5,7-8,14,16,21H,9-12H2;/q-2;+2. The van der Waals surface area contributed by atoms with Gasteiger partial charge in [0.05, 0.1) is 6.61 Å². The van der Waals surface area contributed by atoms with E-state index in [2.05, 4.69) is 40.8 Å². The molecule has 1 aliphatic heterocycles. The molecule has 1 N–H and O–H groups in total. The number of ether oxygens (including phenoxy) is 1. The maximum Gasteiger partial charge on any atom is 2.00 e. The molecule has 1 atom stereocenters. The van der Waals surface area contributed by atoms with E-state index in [4.69, 9.17) is 4.74 Å². The predicted octanol–water partition coefficient (Wildman–Crippen LogP) is 4.41. The third-order valence-electron chi connectivity index (χ3n) is 4.06. The van der Waals surface area contributed by atoms with E-state index in [1.807, 2.05) is 24.3 Å². The second-order valence-corrected chi connectivity index (χ2v) is 5.82. The van der Waals surface area contributed by atoms with Crippen LogP contribution in [-0.2, 0) is 17.1 Å². The van der Waals surface area contributed by atoms with Crippen molar-refractivity contribution in [2.75, 3.05) is 11.9 Å². The third kappa shape index (κ3) is 3.77. The van der Waals surface area contributed by atoms with Gasteiger partial charge in [-0.3, -0.25) is 6.07 Å². The number of hydrogen-bond acceptors (Lipinski definition) is 3. The molecule has 2 aliphatic rings. The summed E-state index contributed by atoms with van der Waals surface area (Å²) in [6.07, 6.45) is 6.57. The molecule has 0 amide bonds. The first-order chi connectivity index (χ1) is 10.9. The summed E-state index contributed by atoms with van der Waals surface area (Å²) in [7, 11) is 0. The van der Waals surface area contributed by atoms with Gasteiger partial charge in [-0.25, -0.2) is 0 Å². The van der Waals surface area contributed by atoms with Gasteiger partial charge in [0.2, 0.25) is 0 Å². The van der Waals surface area contributed by atoms with Crippen molar-refractivity contribution in [2.24, 2.45) is 10.9 Å². The summed E-state index contributed by atoms with van der Waals surface area (Å²) >= 11 is 0. The van der Waals surface area contributed by atoms with Gasteiger partial charge in [-0.1, -0.05) is 37.0 Å². The molecule has 3 nitrogen and oxygen atoms in total. The summed E-state index contributed by atoms with van der Waals surface area (Å²) in [6, 6.07) is 17.6. The molecule has 0 bridgehead atoms. The number of para-hydroxylation sites is 2. The van der Waals surface area contributed by atoms with Gasteiger partial charge in [0.25, 0.3) is 0 Å². The Bertz CT molecular complexity index is 697. The zero-order chi connectivity index (χ0) is 14.8. The average molecular weight is 345 g/mol. The summed E-state index contributed by atoms with van der Waals surface area (Å²) in [6.45, 7) is 0.734. The Kier molecular flexibility index (Phi) is 5.04. The van der Waals surface area contributed by atoms with Crippen LogP contribution in [0.4, 0.5) is 11.4 Å². The first-order valence-corrected chi connectivity index (χ1v) is 7.85. The minimum absolute atomic E-state index is 0. The molecule has 0 saturated heterocycles. The molecule has 1 radical (unpaired) electrons. The summed E-state index contributed by atoms with van der Waals surface area (Å²) in [4.78, 5) is 4.49. The SMILES string of the molecule is [C-](=Nc1[c-]cccc1NC1CCOc2ccccc21)C1CC1.[Mn+2]. The number of aliphatic imine (C=N–C) groups is 1. The first kappa shape index (κ1) is 16.1. The zero-order valence-electron chi connectivity index (χ0n) is 12.8. The number of benzene rings is 2. The van der Waals surface area contributed by atoms with E-state index in [9.17, 15) is 0 Å². The fourth-order valence-electron chi connectivity index (χ4n) is 2.69. The number of hydrogen-bond donors (Lipinski definition) is 1. The molecule has 2 aromatic carbocycles. The van der Waals surface area contributed by atoms with Crippen LogP contribution in [0.1, 0.15) is 30.9 Å². The van der Waals surface area contributed by atoms with E-state index >= 15 is 0 Å². The number of nitrogens with one attached hydrogen (secondary N) is 1. The van der Waals surface area contributed by atoms with Crippen LogP contribution in [0.3, 0.4) is 0 Å². The minimum Gasteiger partial charge on any atom is -0.493 e. The first-order valence-electron chi connectivity index (χ1n) is 7.85. The number of anilines is 1. The van der Waals surface area contributed by atoms with Crippen molar-refractivity contribution in [3.63, 3.8) is 0 Å². The molecule has 0 spiro atoms. The summed E-state index contributed by atoms with van der Waals surface area (Å²) in [5, 5.41) is 3.60. The van der Waals surface area contributed by atoms with Crippen LogP contribution in [0.25, 0.3) is 0 Å². The smallest absolute Gasteiger partial charge is 0.493 e. The van der Waals surface area contributed by atoms with Gasteiger partial charge in [-0.05, 0) is 6.07 Å². The van der Waals surface area contributed by atoms with Crippen molar-refractivity contribution >= 4 is 17.6 Å². The number of fused-ring (bicyclic) bond motifs is 1. The van der Waals surface area contributed by atoms with E-state index in [0.29, 0.717) is 5.92 Å². The van der Waals surface area contributed by atoms with Crippen molar-refractivity contribution in [1.29, 1.82) is 0 Å². The van der Waals surface area contributed by atoms with Gasteiger partial charge in [0.15, 0.2) is 0 Å². The van der Waals surface area contributed by atoms with Crippen LogP contribution in [0, 0.1) is 12.0 Å². The second kappa shape index (κ2) is 7.20. The molecule has 1 unspecified atom stereocenters. The monoisotopic (exact) mass is 345 g/mol. The molecule has 1 saturated carbocycles. The fraction of sp³-hybridized carbons (Fsp3) is 0.316. The van der Waals surface area contributed by atoms with E-state index in [1.54, 1.807) is 0 Å². The van der Waals surface area contributed by atoms with Crippen LogP contribution in [0.2, 0.25) is 0 Å². The van der Waals surface area contributed by atoms with Crippen LogP contribution in [0.5, 0.6) is 5.75 Å². The second-order valence-electron chi connectivity index (χ2n) is 5.82. The fourth-order valence-corrected chi connectivity index (χ4v) is 2.69. The maximum absolute atomic E-state index is 5.73. The topological polar surface area (TPSA) is 33.6 Å². The largest absolute Gasteiger partial charge is 2.00 e. The Morgan fingerprint density at radius 1 is 1.13 bits per heavy atom.